The fourth-order valence-electron chi connectivity index (χ4n) is 0. The van der Waals surface area contributed by atoms with Crippen LogP contribution < -0.4 is 50.0 Å². The van der Waals surface area contributed by atoms with Gasteiger partial charge in [0.05, 0.1) is 0 Å². The summed E-state index contributed by atoms with van der Waals surface area (Å²) in [5, 5.41) is 0. The molecule has 0 aliphatic carbocycles. The molecule has 0 aromatic rings. The molecule has 0 radical (unpaired) electrons. The van der Waals surface area contributed by atoms with E-state index < -0.39 is 13.7 Å². The minimum Gasteiger partial charge on any atom is -0.822 e. The number of carbonyl (C=O) groups excluding carboxylic acids is 1. The van der Waals surface area contributed by atoms with Crippen LogP contribution in [0.25, 0.3) is 0 Å². The van der Waals surface area contributed by atoms with Gasteiger partial charge in [-0.2, -0.15) is 7.82 Å². The van der Waals surface area contributed by atoms with E-state index in [1.54, 1.807) is 0 Å². The molecule has 0 heterocycles. The van der Waals surface area contributed by atoms with E-state index in [1.165, 1.54) is 0 Å². The molecule has 0 aromatic carbocycles. The Bertz CT molecular complexity index is 162. The van der Waals surface area contributed by atoms with Crippen LogP contribution in [0.15, 0.2) is 12.7 Å². The minimum atomic E-state index is -5.39. The van der Waals surface area contributed by atoms with Crippen molar-refractivity contribution in [1.29, 1.82) is 0 Å². The van der Waals surface area contributed by atoms with E-state index in [9.17, 15) is 4.79 Å². The third-order valence-electron chi connectivity index (χ3n) is 0.201. The molecule has 0 saturated heterocycles. The largest absolute Gasteiger partial charge is 2.00 e. The van der Waals surface area contributed by atoms with Gasteiger partial charge in [-0.3, -0.25) is 4.79 Å². The Kier molecular flexibility index (Phi) is 24.5. The van der Waals surface area contributed by atoms with Crippen LogP contribution in [0.1, 0.15) is 0 Å². The summed E-state index contributed by atoms with van der Waals surface area (Å²) < 4.78 is 8.55. The van der Waals surface area contributed by atoms with Crippen molar-refractivity contribution in [2.75, 3.05) is 0 Å². The van der Waals surface area contributed by atoms with E-state index in [0.717, 1.165) is 6.08 Å². The van der Waals surface area contributed by atoms with Crippen LogP contribution in [-0.2, 0) is 9.36 Å². The second kappa shape index (κ2) is 12.6. The molecule has 12 heavy (non-hydrogen) atoms. The zero-order valence-corrected chi connectivity index (χ0v) is 11.7. The van der Waals surface area contributed by atoms with Crippen LogP contribution in [0.2, 0.25) is 0 Å². The molecule has 0 saturated carbocycles. The first-order valence-corrected chi connectivity index (χ1v) is 3.38. The van der Waals surface area contributed by atoms with Crippen LogP contribution in [0.5, 0.6) is 0 Å². The molecule has 0 unspecified atom stereocenters. The Morgan fingerprint density at radius 2 is 1.50 bits per heavy atom. The topological polar surface area (TPSA) is 129 Å². The van der Waals surface area contributed by atoms with Crippen LogP contribution in [-0.4, -0.2) is 43.6 Å². The van der Waals surface area contributed by atoms with Gasteiger partial charge in [-0.05, 0) is 6.08 Å². The van der Waals surface area contributed by atoms with E-state index in [1.807, 2.05) is 0 Å². The molecule has 1 amide bonds. The van der Waals surface area contributed by atoms with Gasteiger partial charge in [0.25, 0.3) is 0 Å². The van der Waals surface area contributed by atoms with Gasteiger partial charge >= 0.3 is 67.3 Å². The summed E-state index contributed by atoms with van der Waals surface area (Å²) in [5.74, 6) is -0.481. The number of rotatable bonds is 1. The maximum Gasteiger partial charge on any atom is 2.00 e. The van der Waals surface area contributed by atoms with E-state index in [0.29, 0.717) is 0 Å². The molecule has 6 nitrogen and oxygen atoms in total. The van der Waals surface area contributed by atoms with Crippen LogP contribution in [0.3, 0.4) is 0 Å². The number of hydrogen-bond acceptors (Lipinski definition) is 5. The fourth-order valence-corrected chi connectivity index (χ4v) is 0. The Balaban J connectivity index is -0.0000000457. The summed E-state index contributed by atoms with van der Waals surface area (Å²) in [7, 11) is -5.39. The van der Waals surface area contributed by atoms with Crippen LogP contribution in [0.4, 0.5) is 0 Å². The standard InChI is InChI=1S/C3H5NO.Ca.Na.H3O4P/c1-2-3(4)5;;;1-5(2,3)4/h2H,1H2,(H2,4,5);;;(H3,1,2,3,4)/q;+2;+1;/p-3. The molecule has 0 aliphatic rings. The van der Waals surface area contributed by atoms with Gasteiger partial charge in [-0.1, -0.05) is 6.58 Å². The number of primary amides is 1. The normalized spacial score (nSPS) is 7.58. The van der Waals surface area contributed by atoms with Crippen molar-refractivity contribution < 1.29 is 53.6 Å². The zero-order chi connectivity index (χ0) is 8.78. The summed E-state index contributed by atoms with van der Waals surface area (Å²) in [4.78, 5) is 35.1. The van der Waals surface area contributed by atoms with Crippen LogP contribution in [0, 0.1) is 0 Å². The van der Waals surface area contributed by atoms with E-state index in [-0.39, 0.29) is 67.3 Å². The molecule has 0 fully saturated rings. The number of nitrogens with two attached hydrogens (primary N) is 1. The van der Waals surface area contributed by atoms with Crippen molar-refractivity contribution in [2.24, 2.45) is 5.73 Å². The Morgan fingerprint density at radius 1 is 1.42 bits per heavy atom. The second-order valence-corrected chi connectivity index (χ2v) is 1.95. The molecule has 0 aliphatic heterocycles. The number of phosphoric acid groups is 1. The van der Waals surface area contributed by atoms with Gasteiger partial charge in [-0.15, -0.1) is 0 Å². The Morgan fingerprint density at radius 3 is 1.50 bits per heavy atom. The molecule has 0 bridgehead atoms. The smallest absolute Gasteiger partial charge is 0.822 e. The number of carbonyl (C=O) groups is 1. The van der Waals surface area contributed by atoms with Gasteiger partial charge in [0.15, 0.2) is 0 Å². The van der Waals surface area contributed by atoms with Gasteiger partial charge in [0.2, 0.25) is 5.91 Å². The van der Waals surface area contributed by atoms with Crippen molar-refractivity contribution in [3.8, 4) is 0 Å². The quantitative estimate of drug-likeness (QED) is 0.271. The maximum absolute atomic E-state index is 9.47. The van der Waals surface area contributed by atoms with Crippen molar-refractivity contribution in [1.82, 2.24) is 0 Å². The van der Waals surface area contributed by atoms with E-state index >= 15 is 0 Å². The van der Waals surface area contributed by atoms with Gasteiger partial charge in [-0.25, -0.2) is 0 Å². The van der Waals surface area contributed by atoms with Crippen molar-refractivity contribution in [3.63, 3.8) is 0 Å². The third-order valence-corrected chi connectivity index (χ3v) is 0.201. The first-order valence-electron chi connectivity index (χ1n) is 1.92. The summed E-state index contributed by atoms with van der Waals surface area (Å²) in [5.41, 5.74) is 4.53. The predicted octanol–water partition coefficient (Wildman–Crippen LogP) is -6.54. The Labute approximate surface area is 122 Å². The second-order valence-electron chi connectivity index (χ2n) is 1.05. The fraction of sp³-hybridized carbons (Fsp3) is 0. The van der Waals surface area contributed by atoms with E-state index in [4.69, 9.17) is 19.2 Å². The molecule has 0 atom stereocenters. The summed E-state index contributed by atoms with van der Waals surface area (Å²) in [6.07, 6.45) is 1.06. The minimum absolute atomic E-state index is 0. The third kappa shape index (κ3) is 101. The number of amides is 1. The van der Waals surface area contributed by atoms with Gasteiger partial charge in [0.1, 0.15) is 0 Å². The summed E-state index contributed by atoms with van der Waals surface area (Å²) >= 11 is 0. The number of hydrogen-bond donors (Lipinski definition) is 1. The molecule has 0 aromatic heterocycles. The zero-order valence-electron chi connectivity index (χ0n) is 6.56. The Hall–Kier alpha value is 1.58. The molecule has 0 rings (SSSR count). The van der Waals surface area contributed by atoms with E-state index in [2.05, 4.69) is 12.3 Å². The monoisotopic (exact) mass is 229 g/mol. The summed E-state index contributed by atoms with van der Waals surface area (Å²) in [6, 6.07) is 0. The van der Waals surface area contributed by atoms with Crippen molar-refractivity contribution in [2.45, 2.75) is 0 Å². The average molecular weight is 229 g/mol. The SMILES string of the molecule is C=CC(N)=O.O=P([O-])([O-])[O-].[Ca+2].[Na+]. The van der Waals surface area contributed by atoms with Crippen molar-refractivity contribution >= 4 is 51.5 Å². The van der Waals surface area contributed by atoms with Crippen LogP contribution >= 0.6 is 7.82 Å². The average Bonchev–Trinajstić information content (AvgIpc) is 1.61. The molecule has 0 spiro atoms. The molecule has 9 heteroatoms. The molecular weight excluding hydrogens is 224 g/mol. The maximum atomic E-state index is 9.47. The van der Waals surface area contributed by atoms with Crippen molar-refractivity contribution in [3.05, 3.63) is 12.7 Å². The predicted molar refractivity (Wildman–Crippen MR) is 32.8 cm³/mol. The molecule has 2 N–H and O–H groups in total. The summed E-state index contributed by atoms with van der Waals surface area (Å²) in [6.45, 7) is 3.09. The van der Waals surface area contributed by atoms with Gasteiger partial charge in [0, 0.05) is 0 Å². The van der Waals surface area contributed by atoms with Gasteiger partial charge < -0.3 is 25.0 Å². The first-order chi connectivity index (χ1) is 4.27. The molecular formula is C3H5CaNNaO5P. The molecule has 60 valence electrons. The first kappa shape index (κ1) is 23.4.